The lowest BCUT2D eigenvalue weighted by Gasteiger charge is -2.31. The van der Waals surface area contributed by atoms with E-state index in [-0.39, 0.29) is 17.9 Å². The van der Waals surface area contributed by atoms with E-state index in [0.717, 1.165) is 18.7 Å². The molecule has 0 aliphatic heterocycles. The Morgan fingerprint density at radius 1 is 1.15 bits per heavy atom. The first-order chi connectivity index (χ1) is 12.1. The fourth-order valence-corrected chi connectivity index (χ4v) is 2.94. The minimum atomic E-state index is -0.592. The Balaban J connectivity index is 2.82. The Hall–Kier alpha value is -1.59. The highest BCUT2D eigenvalue weighted by Gasteiger charge is 2.26. The highest BCUT2D eigenvalue weighted by molar-refractivity contribution is 6.31. The first-order valence-corrected chi connectivity index (χ1v) is 9.56. The van der Waals surface area contributed by atoms with Gasteiger partial charge in [0.2, 0.25) is 11.8 Å². The average Bonchev–Trinajstić information content (AvgIpc) is 2.58. The van der Waals surface area contributed by atoms with Crippen molar-refractivity contribution in [2.24, 2.45) is 5.41 Å². The van der Waals surface area contributed by atoms with Gasteiger partial charge >= 0.3 is 0 Å². The molecule has 146 valence electrons. The number of nitrogens with one attached hydrogen (secondary N) is 2. The van der Waals surface area contributed by atoms with Crippen molar-refractivity contribution in [1.82, 2.24) is 15.5 Å². The number of halogens is 1. The molecule has 0 aromatic heterocycles. The van der Waals surface area contributed by atoms with E-state index >= 15 is 0 Å². The number of rotatable bonds is 8. The van der Waals surface area contributed by atoms with Gasteiger partial charge in [-0.05, 0) is 31.6 Å². The molecule has 5 nitrogen and oxygen atoms in total. The maximum Gasteiger partial charge on any atom is 0.242 e. The van der Waals surface area contributed by atoms with Gasteiger partial charge in [-0.15, -0.1) is 0 Å². The zero-order valence-electron chi connectivity index (χ0n) is 16.7. The molecule has 0 saturated carbocycles. The van der Waals surface area contributed by atoms with Gasteiger partial charge in [-0.1, -0.05) is 64.4 Å². The molecule has 2 amide bonds. The first kappa shape index (κ1) is 22.5. The molecule has 0 aliphatic carbocycles. The van der Waals surface area contributed by atoms with E-state index in [1.807, 2.05) is 45.0 Å². The number of carbonyl (C=O) groups is 2. The maximum atomic E-state index is 12.4. The standard InChI is InChI=1S/C20H32ClN3O2/c1-7-24(8-2)17(15-11-9-10-12-16(15)21)13-22-18(25)14(3)23-19(26)20(4,5)6/h9-12,14,17H,7-8,13H2,1-6H3,(H,22,25)(H,23,26). The summed E-state index contributed by atoms with van der Waals surface area (Å²) in [6.45, 7) is 13.4. The third-order valence-corrected chi connectivity index (χ3v) is 4.75. The summed E-state index contributed by atoms with van der Waals surface area (Å²) >= 11 is 6.38. The molecule has 1 aromatic rings. The van der Waals surface area contributed by atoms with Gasteiger partial charge < -0.3 is 10.6 Å². The Morgan fingerprint density at radius 2 is 1.73 bits per heavy atom. The summed E-state index contributed by atoms with van der Waals surface area (Å²) in [6, 6.07) is 7.09. The summed E-state index contributed by atoms with van der Waals surface area (Å²) in [5, 5.41) is 6.41. The third kappa shape index (κ3) is 6.29. The summed E-state index contributed by atoms with van der Waals surface area (Å²) in [5.41, 5.74) is 0.458. The van der Waals surface area contributed by atoms with Crippen LogP contribution >= 0.6 is 11.6 Å². The lowest BCUT2D eigenvalue weighted by Crippen LogP contribution is -2.49. The highest BCUT2D eigenvalue weighted by Crippen LogP contribution is 2.27. The predicted octanol–water partition coefficient (Wildman–Crippen LogP) is 3.39. The SMILES string of the molecule is CCN(CC)C(CNC(=O)C(C)NC(=O)C(C)(C)C)c1ccccc1Cl. The molecule has 1 rings (SSSR count). The summed E-state index contributed by atoms with van der Waals surface area (Å²) in [5.74, 6) is -0.349. The third-order valence-electron chi connectivity index (χ3n) is 4.41. The van der Waals surface area contributed by atoms with Crippen LogP contribution in [-0.2, 0) is 9.59 Å². The van der Waals surface area contributed by atoms with Crippen LogP contribution in [0.1, 0.15) is 53.1 Å². The van der Waals surface area contributed by atoms with E-state index in [1.165, 1.54) is 0 Å². The van der Waals surface area contributed by atoms with Gasteiger partial charge in [-0.2, -0.15) is 0 Å². The number of hydrogen-bond acceptors (Lipinski definition) is 3. The van der Waals surface area contributed by atoms with Crippen LogP contribution in [0.4, 0.5) is 0 Å². The molecule has 2 N–H and O–H groups in total. The van der Waals surface area contributed by atoms with Gasteiger partial charge in [-0.3, -0.25) is 14.5 Å². The molecule has 0 saturated heterocycles. The molecule has 2 unspecified atom stereocenters. The zero-order chi connectivity index (χ0) is 19.9. The summed E-state index contributed by atoms with van der Waals surface area (Å²) < 4.78 is 0. The second kappa shape index (κ2) is 9.93. The first-order valence-electron chi connectivity index (χ1n) is 9.18. The van der Waals surface area contributed by atoms with Gasteiger partial charge in [0, 0.05) is 17.0 Å². The summed E-state index contributed by atoms with van der Waals surface area (Å²) in [7, 11) is 0. The Morgan fingerprint density at radius 3 is 2.23 bits per heavy atom. The van der Waals surface area contributed by atoms with Crippen molar-refractivity contribution in [3.8, 4) is 0 Å². The number of likely N-dealkylation sites (N-methyl/N-ethyl adjacent to an activating group) is 1. The lowest BCUT2D eigenvalue weighted by atomic mass is 9.95. The van der Waals surface area contributed by atoms with Crippen molar-refractivity contribution >= 4 is 23.4 Å². The molecule has 0 aliphatic rings. The van der Waals surface area contributed by atoms with Crippen molar-refractivity contribution in [1.29, 1.82) is 0 Å². The smallest absolute Gasteiger partial charge is 0.242 e. The van der Waals surface area contributed by atoms with E-state index in [2.05, 4.69) is 29.4 Å². The van der Waals surface area contributed by atoms with Crippen LogP contribution < -0.4 is 10.6 Å². The molecule has 0 heterocycles. The normalized spacial score (nSPS) is 14.0. The summed E-state index contributed by atoms with van der Waals surface area (Å²) in [4.78, 5) is 26.8. The average molecular weight is 382 g/mol. The molecule has 1 aromatic carbocycles. The van der Waals surface area contributed by atoms with E-state index < -0.39 is 11.5 Å². The van der Waals surface area contributed by atoms with E-state index in [0.29, 0.717) is 11.6 Å². The lowest BCUT2D eigenvalue weighted by molar-refractivity contribution is -0.133. The second-order valence-corrected chi connectivity index (χ2v) is 7.86. The maximum absolute atomic E-state index is 12.4. The van der Waals surface area contributed by atoms with Crippen LogP contribution in [0.2, 0.25) is 5.02 Å². The number of amides is 2. The van der Waals surface area contributed by atoms with Crippen LogP contribution in [0.3, 0.4) is 0 Å². The molecule has 0 bridgehead atoms. The van der Waals surface area contributed by atoms with E-state index in [4.69, 9.17) is 11.6 Å². The molecule has 6 heteroatoms. The van der Waals surface area contributed by atoms with E-state index in [9.17, 15) is 9.59 Å². The topological polar surface area (TPSA) is 61.4 Å². The highest BCUT2D eigenvalue weighted by atomic mass is 35.5. The van der Waals surface area contributed by atoms with Crippen molar-refractivity contribution in [3.05, 3.63) is 34.9 Å². The molecular formula is C20H32ClN3O2. The van der Waals surface area contributed by atoms with E-state index in [1.54, 1.807) is 6.92 Å². The largest absolute Gasteiger partial charge is 0.352 e. The Labute approximate surface area is 162 Å². The fourth-order valence-electron chi connectivity index (χ4n) is 2.67. The second-order valence-electron chi connectivity index (χ2n) is 7.45. The van der Waals surface area contributed by atoms with Crippen LogP contribution in [0, 0.1) is 5.41 Å². The minimum Gasteiger partial charge on any atom is -0.352 e. The van der Waals surface area contributed by atoms with Crippen molar-refractivity contribution < 1.29 is 9.59 Å². The number of benzene rings is 1. The summed E-state index contributed by atoms with van der Waals surface area (Å²) in [6.07, 6.45) is 0. The Kier molecular flexibility index (Phi) is 8.57. The van der Waals surface area contributed by atoms with Crippen molar-refractivity contribution in [2.75, 3.05) is 19.6 Å². The molecule has 0 radical (unpaired) electrons. The quantitative estimate of drug-likeness (QED) is 0.725. The van der Waals surface area contributed by atoms with Gasteiger partial charge in [0.05, 0.1) is 6.04 Å². The molecule has 26 heavy (non-hydrogen) atoms. The van der Waals surface area contributed by atoms with Crippen molar-refractivity contribution in [3.63, 3.8) is 0 Å². The predicted molar refractivity (Wildman–Crippen MR) is 107 cm³/mol. The molecule has 0 spiro atoms. The molecule has 0 fully saturated rings. The van der Waals surface area contributed by atoms with Crippen LogP contribution in [-0.4, -0.2) is 42.4 Å². The van der Waals surface area contributed by atoms with Gasteiger partial charge in [0.15, 0.2) is 0 Å². The van der Waals surface area contributed by atoms with Crippen molar-refractivity contribution in [2.45, 2.75) is 53.6 Å². The zero-order valence-corrected chi connectivity index (χ0v) is 17.5. The van der Waals surface area contributed by atoms with Crippen LogP contribution in [0.5, 0.6) is 0 Å². The fraction of sp³-hybridized carbons (Fsp3) is 0.600. The van der Waals surface area contributed by atoms with Gasteiger partial charge in [-0.25, -0.2) is 0 Å². The number of carbonyl (C=O) groups excluding carboxylic acids is 2. The van der Waals surface area contributed by atoms with Gasteiger partial charge in [0.25, 0.3) is 0 Å². The monoisotopic (exact) mass is 381 g/mol. The number of nitrogens with zero attached hydrogens (tertiary/aromatic N) is 1. The van der Waals surface area contributed by atoms with Crippen LogP contribution in [0.15, 0.2) is 24.3 Å². The number of hydrogen-bond donors (Lipinski definition) is 2. The van der Waals surface area contributed by atoms with Gasteiger partial charge in [0.1, 0.15) is 6.04 Å². The molecular weight excluding hydrogens is 350 g/mol. The Bertz CT molecular complexity index is 609. The van der Waals surface area contributed by atoms with Crippen LogP contribution in [0.25, 0.3) is 0 Å². The minimum absolute atomic E-state index is 0.0202. The molecule has 2 atom stereocenters.